The Kier molecular flexibility index (Phi) is 3.24. The van der Waals surface area contributed by atoms with E-state index in [9.17, 15) is 13.6 Å². The summed E-state index contributed by atoms with van der Waals surface area (Å²) in [6, 6.07) is 0.820. The van der Waals surface area contributed by atoms with Gasteiger partial charge in [-0.3, -0.25) is 4.79 Å². The lowest BCUT2D eigenvalue weighted by atomic mass is 9.82. The minimum Gasteiger partial charge on any atom is -0.319 e. The van der Waals surface area contributed by atoms with Gasteiger partial charge in [-0.15, -0.1) is 0 Å². The predicted molar refractivity (Wildman–Crippen MR) is 58.8 cm³/mol. The van der Waals surface area contributed by atoms with Crippen LogP contribution in [0.25, 0.3) is 0 Å². The Balaban J connectivity index is 2.40. The van der Waals surface area contributed by atoms with E-state index in [0.29, 0.717) is 12.8 Å². The van der Waals surface area contributed by atoms with Crippen LogP contribution in [0.4, 0.5) is 8.78 Å². The summed E-state index contributed by atoms with van der Waals surface area (Å²) in [4.78, 5) is 17.6. The molecule has 0 saturated heterocycles. The van der Waals surface area contributed by atoms with Crippen molar-refractivity contribution in [2.45, 2.75) is 44.1 Å². The number of hydrogen-bond acceptors (Lipinski definition) is 3. The molecule has 0 unspecified atom stereocenters. The predicted octanol–water partition coefficient (Wildman–Crippen LogP) is 1.83. The lowest BCUT2D eigenvalue weighted by molar-refractivity contribution is 0.144. The summed E-state index contributed by atoms with van der Waals surface area (Å²) in [5, 5.41) is 0. The highest BCUT2D eigenvalue weighted by Crippen LogP contribution is 2.32. The summed E-state index contributed by atoms with van der Waals surface area (Å²) in [5.74, 6) is 0.194. The Morgan fingerprint density at radius 1 is 1.35 bits per heavy atom. The van der Waals surface area contributed by atoms with E-state index in [0.717, 1.165) is 25.3 Å². The molecule has 0 spiro atoms. The fourth-order valence-corrected chi connectivity index (χ4v) is 2.24. The van der Waals surface area contributed by atoms with Gasteiger partial charge in [0, 0.05) is 6.07 Å². The summed E-state index contributed by atoms with van der Waals surface area (Å²) in [6.45, 7) is 0. The van der Waals surface area contributed by atoms with Crippen LogP contribution in [0.3, 0.4) is 0 Å². The van der Waals surface area contributed by atoms with Crippen molar-refractivity contribution in [3.05, 3.63) is 27.9 Å². The van der Waals surface area contributed by atoms with Gasteiger partial charge in [0.2, 0.25) is 0 Å². The van der Waals surface area contributed by atoms with Crippen LogP contribution in [0.5, 0.6) is 0 Å². The first-order valence-electron chi connectivity index (χ1n) is 5.70. The molecule has 0 bridgehead atoms. The molecule has 2 rings (SSSR count). The first-order chi connectivity index (χ1) is 8.01. The Bertz CT molecular complexity index is 452. The molecule has 0 aliphatic heterocycles. The van der Waals surface area contributed by atoms with Crippen LogP contribution < -0.4 is 11.3 Å². The van der Waals surface area contributed by atoms with Crippen LogP contribution >= 0.6 is 0 Å². The number of nitrogens with zero attached hydrogens (tertiary/aromatic N) is 1. The van der Waals surface area contributed by atoms with E-state index < -0.39 is 23.2 Å². The third-order valence-corrected chi connectivity index (χ3v) is 3.20. The summed E-state index contributed by atoms with van der Waals surface area (Å²) in [5.41, 5.74) is 4.31. The molecular formula is C11H15F2N3O. The van der Waals surface area contributed by atoms with Crippen molar-refractivity contribution in [3.63, 3.8) is 0 Å². The zero-order valence-electron chi connectivity index (χ0n) is 9.38. The molecule has 0 radical (unpaired) electrons. The molecule has 3 N–H and O–H groups in total. The monoisotopic (exact) mass is 243 g/mol. The van der Waals surface area contributed by atoms with Gasteiger partial charge in [-0.2, -0.15) is 0 Å². The minimum absolute atomic E-state index is 0.194. The van der Waals surface area contributed by atoms with Gasteiger partial charge in [0.15, 0.2) is 0 Å². The topological polar surface area (TPSA) is 71.8 Å². The highest BCUT2D eigenvalue weighted by Gasteiger charge is 2.32. The molecular weight excluding hydrogens is 228 g/mol. The number of halogens is 2. The highest BCUT2D eigenvalue weighted by molar-refractivity contribution is 5.12. The summed E-state index contributed by atoms with van der Waals surface area (Å²) in [7, 11) is 0. The van der Waals surface area contributed by atoms with Crippen molar-refractivity contribution in [3.8, 4) is 0 Å². The SMILES string of the molecule is NC1(c2nc(C(F)F)cc(=O)[nH]2)CCCCC1. The molecule has 1 heterocycles. The summed E-state index contributed by atoms with van der Waals surface area (Å²) in [6.07, 6.45) is 1.53. The number of nitrogens with two attached hydrogens (primary N) is 1. The average molecular weight is 243 g/mol. The molecule has 1 aromatic heterocycles. The van der Waals surface area contributed by atoms with Crippen LogP contribution in [-0.2, 0) is 5.54 Å². The minimum atomic E-state index is -2.75. The van der Waals surface area contributed by atoms with Crippen molar-refractivity contribution < 1.29 is 8.78 Å². The molecule has 0 atom stereocenters. The van der Waals surface area contributed by atoms with Gasteiger partial charge in [0.25, 0.3) is 12.0 Å². The van der Waals surface area contributed by atoms with Crippen molar-refractivity contribution in [2.24, 2.45) is 5.73 Å². The van der Waals surface area contributed by atoms with E-state index in [4.69, 9.17) is 5.73 Å². The number of aromatic nitrogens is 2. The number of nitrogens with one attached hydrogen (secondary N) is 1. The molecule has 1 saturated carbocycles. The molecule has 94 valence electrons. The van der Waals surface area contributed by atoms with E-state index >= 15 is 0 Å². The van der Waals surface area contributed by atoms with E-state index in [1.54, 1.807) is 0 Å². The third-order valence-electron chi connectivity index (χ3n) is 3.20. The van der Waals surface area contributed by atoms with E-state index in [1.807, 2.05) is 0 Å². The standard InChI is InChI=1S/C11H15F2N3O/c12-9(13)7-6-8(17)16-10(15-7)11(14)4-2-1-3-5-11/h6,9H,1-5,14H2,(H,15,16,17). The van der Waals surface area contributed by atoms with Gasteiger partial charge in [0.1, 0.15) is 11.5 Å². The quantitative estimate of drug-likeness (QED) is 0.832. The third kappa shape index (κ3) is 2.52. The van der Waals surface area contributed by atoms with E-state index in [1.165, 1.54) is 0 Å². The molecule has 0 aromatic carbocycles. The molecule has 0 amide bonds. The molecule has 1 aliphatic rings. The van der Waals surface area contributed by atoms with Gasteiger partial charge >= 0.3 is 0 Å². The Hall–Kier alpha value is -1.30. The number of hydrogen-bond donors (Lipinski definition) is 2. The first-order valence-corrected chi connectivity index (χ1v) is 5.70. The Morgan fingerprint density at radius 3 is 2.59 bits per heavy atom. The smallest absolute Gasteiger partial charge is 0.280 e. The van der Waals surface area contributed by atoms with Gasteiger partial charge in [-0.1, -0.05) is 19.3 Å². The molecule has 1 fully saturated rings. The van der Waals surface area contributed by atoms with Crippen molar-refractivity contribution in [1.82, 2.24) is 9.97 Å². The van der Waals surface area contributed by atoms with Crippen molar-refractivity contribution in [1.29, 1.82) is 0 Å². The van der Waals surface area contributed by atoms with Crippen LogP contribution in [0.2, 0.25) is 0 Å². The van der Waals surface area contributed by atoms with Crippen LogP contribution in [0, 0.1) is 0 Å². The zero-order chi connectivity index (χ0) is 12.5. The first kappa shape index (κ1) is 12.2. The molecule has 1 aromatic rings. The average Bonchev–Trinajstić information content (AvgIpc) is 2.29. The van der Waals surface area contributed by atoms with Crippen LogP contribution in [0.15, 0.2) is 10.9 Å². The Labute approximate surface area is 97.3 Å². The highest BCUT2D eigenvalue weighted by atomic mass is 19.3. The molecule has 1 aliphatic carbocycles. The summed E-state index contributed by atoms with van der Waals surface area (Å²) < 4.78 is 25.1. The fraction of sp³-hybridized carbons (Fsp3) is 0.636. The lowest BCUT2D eigenvalue weighted by Crippen LogP contribution is -2.41. The fourth-order valence-electron chi connectivity index (χ4n) is 2.24. The van der Waals surface area contributed by atoms with E-state index in [2.05, 4.69) is 9.97 Å². The van der Waals surface area contributed by atoms with Crippen molar-refractivity contribution in [2.75, 3.05) is 0 Å². The van der Waals surface area contributed by atoms with Gasteiger partial charge < -0.3 is 10.7 Å². The maximum atomic E-state index is 12.6. The van der Waals surface area contributed by atoms with Crippen LogP contribution in [0.1, 0.15) is 50.0 Å². The number of rotatable bonds is 2. The second-order valence-corrected chi connectivity index (χ2v) is 4.54. The van der Waals surface area contributed by atoms with Crippen LogP contribution in [-0.4, -0.2) is 9.97 Å². The van der Waals surface area contributed by atoms with Crippen molar-refractivity contribution >= 4 is 0 Å². The molecule has 6 heteroatoms. The zero-order valence-corrected chi connectivity index (χ0v) is 9.38. The van der Waals surface area contributed by atoms with Gasteiger partial charge in [0.05, 0.1) is 5.54 Å². The van der Waals surface area contributed by atoms with Gasteiger partial charge in [-0.05, 0) is 12.8 Å². The number of alkyl halides is 2. The molecule has 4 nitrogen and oxygen atoms in total. The normalized spacial score (nSPS) is 19.5. The Morgan fingerprint density at radius 2 is 2.00 bits per heavy atom. The maximum Gasteiger partial charge on any atom is 0.280 e. The number of H-pyrrole nitrogens is 1. The summed E-state index contributed by atoms with van der Waals surface area (Å²) >= 11 is 0. The second kappa shape index (κ2) is 4.52. The number of aromatic amines is 1. The largest absolute Gasteiger partial charge is 0.319 e. The maximum absolute atomic E-state index is 12.6. The second-order valence-electron chi connectivity index (χ2n) is 4.54. The van der Waals surface area contributed by atoms with E-state index in [-0.39, 0.29) is 5.82 Å². The molecule has 17 heavy (non-hydrogen) atoms. The van der Waals surface area contributed by atoms with Gasteiger partial charge in [-0.25, -0.2) is 13.8 Å². The lowest BCUT2D eigenvalue weighted by Gasteiger charge is -2.32.